The van der Waals surface area contributed by atoms with E-state index in [1.165, 1.54) is 12.1 Å². The number of nitrogens with zero attached hydrogens (tertiary/aromatic N) is 2. The smallest absolute Gasteiger partial charge is 0.244 e. The SMILES string of the molecule is CN(C[C@H]1CCOC1)[C@@H]1CCN(c2ccc(Cl)c(F)c2)C1=O. The molecule has 120 valence electrons. The number of rotatable bonds is 4. The van der Waals surface area contributed by atoms with Crippen LogP contribution in [0.5, 0.6) is 0 Å². The van der Waals surface area contributed by atoms with Crippen LogP contribution in [0.2, 0.25) is 5.02 Å². The largest absolute Gasteiger partial charge is 0.381 e. The zero-order chi connectivity index (χ0) is 15.7. The normalized spacial score (nSPS) is 25.5. The summed E-state index contributed by atoms with van der Waals surface area (Å²) >= 11 is 5.70. The number of hydrogen-bond acceptors (Lipinski definition) is 3. The van der Waals surface area contributed by atoms with E-state index in [9.17, 15) is 9.18 Å². The van der Waals surface area contributed by atoms with Crippen LogP contribution >= 0.6 is 11.6 Å². The number of ether oxygens (including phenoxy) is 1. The maximum absolute atomic E-state index is 13.6. The first-order valence-electron chi connectivity index (χ1n) is 7.60. The molecule has 0 bridgehead atoms. The highest BCUT2D eigenvalue weighted by Crippen LogP contribution is 2.28. The molecule has 4 nitrogen and oxygen atoms in total. The van der Waals surface area contributed by atoms with E-state index in [4.69, 9.17) is 16.3 Å². The van der Waals surface area contributed by atoms with Gasteiger partial charge in [0, 0.05) is 25.4 Å². The number of benzene rings is 1. The predicted octanol–water partition coefficient (Wildman–Crippen LogP) is 2.55. The van der Waals surface area contributed by atoms with Gasteiger partial charge in [-0.1, -0.05) is 11.6 Å². The van der Waals surface area contributed by atoms with Crippen molar-refractivity contribution in [3.8, 4) is 0 Å². The Kier molecular flexibility index (Phi) is 4.66. The summed E-state index contributed by atoms with van der Waals surface area (Å²) in [5.41, 5.74) is 0.576. The monoisotopic (exact) mass is 326 g/mol. The molecule has 0 aliphatic carbocycles. The fourth-order valence-corrected chi connectivity index (χ4v) is 3.36. The fourth-order valence-electron chi connectivity index (χ4n) is 3.24. The van der Waals surface area contributed by atoms with Crippen molar-refractivity contribution < 1.29 is 13.9 Å². The molecule has 0 aromatic heterocycles. The van der Waals surface area contributed by atoms with Gasteiger partial charge in [-0.15, -0.1) is 0 Å². The Bertz CT molecular complexity index is 563. The lowest BCUT2D eigenvalue weighted by Gasteiger charge is -2.26. The third-order valence-corrected chi connectivity index (χ3v) is 4.80. The van der Waals surface area contributed by atoms with Gasteiger partial charge in [0.25, 0.3) is 0 Å². The molecule has 1 aromatic carbocycles. The van der Waals surface area contributed by atoms with Gasteiger partial charge in [0.2, 0.25) is 5.91 Å². The second kappa shape index (κ2) is 6.52. The predicted molar refractivity (Wildman–Crippen MR) is 83.7 cm³/mol. The van der Waals surface area contributed by atoms with Crippen LogP contribution in [0.3, 0.4) is 0 Å². The average Bonchev–Trinajstić information content (AvgIpc) is 3.11. The van der Waals surface area contributed by atoms with E-state index in [0.29, 0.717) is 18.2 Å². The maximum atomic E-state index is 13.6. The van der Waals surface area contributed by atoms with Gasteiger partial charge in [-0.3, -0.25) is 9.69 Å². The quantitative estimate of drug-likeness (QED) is 0.852. The summed E-state index contributed by atoms with van der Waals surface area (Å²) in [4.78, 5) is 16.4. The second-order valence-corrected chi connectivity index (χ2v) is 6.47. The lowest BCUT2D eigenvalue weighted by Crippen LogP contribution is -2.42. The summed E-state index contributed by atoms with van der Waals surface area (Å²) in [6, 6.07) is 4.37. The Hall–Kier alpha value is -1.17. The maximum Gasteiger partial charge on any atom is 0.244 e. The third-order valence-electron chi connectivity index (χ3n) is 4.49. The fraction of sp³-hybridized carbons (Fsp3) is 0.562. The Morgan fingerprint density at radius 1 is 1.45 bits per heavy atom. The molecule has 2 aliphatic rings. The summed E-state index contributed by atoms with van der Waals surface area (Å²) in [5.74, 6) is 0.0369. The van der Waals surface area contributed by atoms with Crippen LogP contribution in [0.4, 0.5) is 10.1 Å². The van der Waals surface area contributed by atoms with Crippen molar-refractivity contribution in [1.82, 2.24) is 4.90 Å². The van der Waals surface area contributed by atoms with Crippen molar-refractivity contribution in [3.05, 3.63) is 29.0 Å². The van der Waals surface area contributed by atoms with Gasteiger partial charge in [0.15, 0.2) is 0 Å². The van der Waals surface area contributed by atoms with Crippen molar-refractivity contribution in [1.29, 1.82) is 0 Å². The van der Waals surface area contributed by atoms with Gasteiger partial charge in [-0.05, 0) is 44.0 Å². The molecule has 0 saturated carbocycles. The molecule has 0 spiro atoms. The van der Waals surface area contributed by atoms with Gasteiger partial charge in [-0.25, -0.2) is 4.39 Å². The molecular weight excluding hydrogens is 307 g/mol. The minimum atomic E-state index is -0.494. The van der Waals surface area contributed by atoms with Crippen LogP contribution in [0.1, 0.15) is 12.8 Å². The van der Waals surface area contributed by atoms with E-state index in [0.717, 1.165) is 32.6 Å². The highest BCUT2D eigenvalue weighted by atomic mass is 35.5. The van der Waals surface area contributed by atoms with E-state index in [1.807, 2.05) is 7.05 Å². The van der Waals surface area contributed by atoms with E-state index >= 15 is 0 Å². The summed E-state index contributed by atoms with van der Waals surface area (Å²) in [6.45, 7) is 3.06. The van der Waals surface area contributed by atoms with Gasteiger partial charge in [-0.2, -0.15) is 0 Å². The zero-order valence-electron chi connectivity index (χ0n) is 12.6. The topological polar surface area (TPSA) is 32.8 Å². The molecule has 0 radical (unpaired) electrons. The van der Waals surface area contributed by atoms with Crippen LogP contribution in [0.15, 0.2) is 18.2 Å². The van der Waals surface area contributed by atoms with Crippen LogP contribution in [0.25, 0.3) is 0 Å². The van der Waals surface area contributed by atoms with Crippen LogP contribution in [-0.4, -0.2) is 50.2 Å². The molecular formula is C16H20ClFN2O2. The van der Waals surface area contributed by atoms with Crippen molar-refractivity contribution >= 4 is 23.2 Å². The second-order valence-electron chi connectivity index (χ2n) is 6.06. The minimum Gasteiger partial charge on any atom is -0.381 e. The van der Waals surface area contributed by atoms with Crippen LogP contribution in [0, 0.1) is 11.7 Å². The molecule has 2 aliphatic heterocycles. The highest BCUT2D eigenvalue weighted by Gasteiger charge is 2.36. The number of carbonyl (C=O) groups is 1. The van der Waals surface area contributed by atoms with E-state index in [2.05, 4.69) is 4.90 Å². The molecule has 2 heterocycles. The zero-order valence-corrected chi connectivity index (χ0v) is 13.4. The summed E-state index contributed by atoms with van der Waals surface area (Å²) in [5, 5.41) is 0.0743. The lowest BCUT2D eigenvalue weighted by atomic mass is 10.1. The molecule has 3 rings (SSSR count). The first kappa shape index (κ1) is 15.7. The number of carbonyl (C=O) groups excluding carboxylic acids is 1. The van der Waals surface area contributed by atoms with E-state index in [-0.39, 0.29) is 17.0 Å². The molecule has 22 heavy (non-hydrogen) atoms. The Labute approximate surface area is 134 Å². The minimum absolute atomic E-state index is 0.0307. The van der Waals surface area contributed by atoms with Crippen LogP contribution in [-0.2, 0) is 9.53 Å². The molecule has 2 saturated heterocycles. The number of likely N-dealkylation sites (N-methyl/N-ethyl adjacent to an activating group) is 1. The van der Waals surface area contributed by atoms with Crippen molar-refractivity contribution in [2.45, 2.75) is 18.9 Å². The van der Waals surface area contributed by atoms with Gasteiger partial charge in [0.1, 0.15) is 5.82 Å². The lowest BCUT2D eigenvalue weighted by molar-refractivity contribution is -0.121. The third kappa shape index (κ3) is 3.12. The Morgan fingerprint density at radius 3 is 2.95 bits per heavy atom. The molecule has 1 amide bonds. The molecule has 1 aromatic rings. The number of amides is 1. The van der Waals surface area contributed by atoms with Gasteiger partial charge in [0.05, 0.1) is 17.7 Å². The van der Waals surface area contributed by atoms with E-state index < -0.39 is 5.82 Å². The number of anilines is 1. The Morgan fingerprint density at radius 2 is 2.27 bits per heavy atom. The van der Waals surface area contributed by atoms with Crippen LogP contribution < -0.4 is 4.90 Å². The molecule has 6 heteroatoms. The van der Waals surface area contributed by atoms with Crippen molar-refractivity contribution in [3.63, 3.8) is 0 Å². The summed E-state index contributed by atoms with van der Waals surface area (Å²) in [7, 11) is 1.98. The molecule has 0 N–H and O–H groups in total. The summed E-state index contributed by atoms with van der Waals surface area (Å²) in [6.07, 6.45) is 1.81. The van der Waals surface area contributed by atoms with E-state index in [1.54, 1.807) is 11.0 Å². The van der Waals surface area contributed by atoms with Gasteiger partial charge < -0.3 is 9.64 Å². The van der Waals surface area contributed by atoms with Crippen molar-refractivity contribution in [2.75, 3.05) is 38.3 Å². The first-order chi connectivity index (χ1) is 10.6. The van der Waals surface area contributed by atoms with Crippen molar-refractivity contribution in [2.24, 2.45) is 5.92 Å². The summed E-state index contributed by atoms with van der Waals surface area (Å²) < 4.78 is 19.0. The van der Waals surface area contributed by atoms with Gasteiger partial charge >= 0.3 is 0 Å². The first-order valence-corrected chi connectivity index (χ1v) is 7.98. The standard InChI is InChI=1S/C16H20ClFN2O2/c1-19(9-11-5-7-22-10-11)15-4-6-20(16(15)21)12-2-3-13(17)14(18)8-12/h2-3,8,11,15H,4-7,9-10H2,1H3/t11-,15-/m1/s1. The Balaban J connectivity index is 1.67. The molecule has 2 fully saturated rings. The highest BCUT2D eigenvalue weighted by molar-refractivity contribution is 6.30. The molecule has 2 atom stereocenters. The number of hydrogen-bond donors (Lipinski definition) is 0. The average molecular weight is 327 g/mol. The number of halogens is 2. The molecule has 0 unspecified atom stereocenters.